The molecule has 0 aromatic rings. The van der Waals surface area contributed by atoms with Crippen molar-refractivity contribution in [3.05, 3.63) is 36.6 Å². The summed E-state index contributed by atoms with van der Waals surface area (Å²) in [5.74, 6) is 0. The van der Waals surface area contributed by atoms with Crippen molar-refractivity contribution in [3.63, 3.8) is 0 Å². The van der Waals surface area contributed by atoms with E-state index in [4.69, 9.17) is 0 Å². The molecule has 16 heavy (non-hydrogen) atoms. The molecule has 0 heterocycles. The van der Waals surface area contributed by atoms with Crippen molar-refractivity contribution in [2.45, 2.75) is 25.8 Å². The molecule has 1 unspecified atom stereocenters. The van der Waals surface area contributed by atoms with Gasteiger partial charge in [0.05, 0.1) is 0 Å². The van der Waals surface area contributed by atoms with Gasteiger partial charge in [-0.15, -0.1) is 6.58 Å². The molecule has 0 aromatic carbocycles. The van der Waals surface area contributed by atoms with Crippen LogP contribution in [0, 0.1) is 0 Å². The van der Waals surface area contributed by atoms with Gasteiger partial charge < -0.3 is 9.69 Å². The van der Waals surface area contributed by atoms with Crippen molar-refractivity contribution >= 4 is 12.6 Å². The van der Waals surface area contributed by atoms with E-state index < -0.39 is 0 Å². The van der Waals surface area contributed by atoms with Crippen molar-refractivity contribution in [2.24, 2.45) is 0 Å². The van der Waals surface area contributed by atoms with Gasteiger partial charge in [-0.3, -0.25) is 4.79 Å². The van der Waals surface area contributed by atoms with Crippen LogP contribution in [0.15, 0.2) is 36.6 Å². The second-order valence-electron chi connectivity index (χ2n) is 3.59. The molecule has 0 radical (unpaired) electrons. The van der Waals surface area contributed by atoms with Gasteiger partial charge in [-0.1, -0.05) is 12.7 Å². The second kappa shape index (κ2) is 7.63. The number of rotatable bonds is 8. The molecule has 0 aliphatic carbocycles. The Morgan fingerprint density at radius 2 is 2.06 bits per heavy atom. The van der Waals surface area contributed by atoms with Crippen LogP contribution in [0.5, 0.6) is 0 Å². The summed E-state index contributed by atoms with van der Waals surface area (Å²) in [6.45, 7) is 9.47. The van der Waals surface area contributed by atoms with Gasteiger partial charge in [-0.2, -0.15) is 0 Å². The van der Waals surface area contributed by atoms with Crippen LogP contribution in [0.1, 0.15) is 19.8 Å². The molecule has 1 atom stereocenters. The number of carbonyl (C=O) groups is 2. The van der Waals surface area contributed by atoms with Gasteiger partial charge in [0.1, 0.15) is 12.6 Å². The number of allylic oxidation sites excluding steroid dienone is 2. The molecular formula is C13H19NO2. The van der Waals surface area contributed by atoms with Crippen molar-refractivity contribution in [2.75, 3.05) is 7.05 Å². The maximum atomic E-state index is 10.4. The Bertz CT molecular complexity index is 305. The molecule has 0 fully saturated rings. The summed E-state index contributed by atoms with van der Waals surface area (Å²) in [7, 11) is 1.88. The lowest BCUT2D eigenvalue weighted by Crippen LogP contribution is -2.29. The minimum atomic E-state index is 0.0627. The Kier molecular flexibility index (Phi) is 6.84. The van der Waals surface area contributed by atoms with E-state index >= 15 is 0 Å². The van der Waals surface area contributed by atoms with Crippen molar-refractivity contribution in [1.82, 2.24) is 4.90 Å². The van der Waals surface area contributed by atoms with Gasteiger partial charge in [0, 0.05) is 25.2 Å². The number of likely N-dealkylation sites (N-methyl/N-ethyl adjacent to an activating group) is 1. The van der Waals surface area contributed by atoms with E-state index in [1.807, 2.05) is 18.9 Å². The first-order valence-corrected chi connectivity index (χ1v) is 5.18. The highest BCUT2D eigenvalue weighted by Gasteiger charge is 2.13. The molecule has 0 amide bonds. The topological polar surface area (TPSA) is 37.4 Å². The van der Waals surface area contributed by atoms with Crippen LogP contribution in [0.25, 0.3) is 0 Å². The molecule has 0 aliphatic rings. The molecule has 0 spiro atoms. The van der Waals surface area contributed by atoms with Crippen molar-refractivity contribution in [1.29, 1.82) is 0 Å². The molecule has 88 valence electrons. The Balaban J connectivity index is 4.60. The normalized spacial score (nSPS) is 12.8. The summed E-state index contributed by atoms with van der Waals surface area (Å²) in [5.41, 5.74) is 1.58. The van der Waals surface area contributed by atoms with Crippen LogP contribution in [-0.4, -0.2) is 30.6 Å². The first-order valence-electron chi connectivity index (χ1n) is 5.18. The summed E-state index contributed by atoms with van der Waals surface area (Å²) in [4.78, 5) is 22.6. The zero-order valence-corrected chi connectivity index (χ0v) is 9.98. The summed E-state index contributed by atoms with van der Waals surface area (Å²) >= 11 is 0. The van der Waals surface area contributed by atoms with E-state index in [-0.39, 0.29) is 6.04 Å². The fourth-order valence-corrected chi connectivity index (χ4v) is 1.39. The van der Waals surface area contributed by atoms with Gasteiger partial charge in [0.25, 0.3) is 0 Å². The summed E-state index contributed by atoms with van der Waals surface area (Å²) < 4.78 is 0. The van der Waals surface area contributed by atoms with Crippen LogP contribution in [0.4, 0.5) is 0 Å². The van der Waals surface area contributed by atoms with E-state index in [0.717, 1.165) is 23.8 Å². The Morgan fingerprint density at radius 3 is 2.50 bits per heavy atom. The summed E-state index contributed by atoms with van der Waals surface area (Å²) in [5, 5.41) is 0. The molecule has 0 rings (SSSR count). The molecule has 0 aliphatic heterocycles. The molecule has 3 nitrogen and oxygen atoms in total. The maximum absolute atomic E-state index is 10.4. The van der Waals surface area contributed by atoms with Crippen LogP contribution in [0.2, 0.25) is 0 Å². The minimum Gasteiger partial charge on any atom is -0.368 e. The van der Waals surface area contributed by atoms with E-state index in [2.05, 4.69) is 13.2 Å². The van der Waals surface area contributed by atoms with Crippen LogP contribution < -0.4 is 0 Å². The molecule has 0 bridgehead atoms. The lowest BCUT2D eigenvalue weighted by molar-refractivity contribution is -0.108. The third kappa shape index (κ3) is 4.26. The Morgan fingerprint density at radius 1 is 1.44 bits per heavy atom. The van der Waals surface area contributed by atoms with Gasteiger partial charge in [-0.05, 0) is 25.0 Å². The van der Waals surface area contributed by atoms with Gasteiger partial charge in [-0.25, -0.2) is 0 Å². The second-order valence-corrected chi connectivity index (χ2v) is 3.59. The molecule has 0 aromatic heterocycles. The SMILES string of the molecule is C=CC(CCC=O)N(C)C(=C)/C(C)=C\C=O. The minimum absolute atomic E-state index is 0.0627. The molecule has 0 N–H and O–H groups in total. The van der Waals surface area contributed by atoms with Crippen LogP contribution in [-0.2, 0) is 9.59 Å². The highest BCUT2D eigenvalue weighted by molar-refractivity contribution is 5.67. The predicted octanol–water partition coefficient (Wildman–Crippen LogP) is 2.11. The molecular weight excluding hydrogens is 202 g/mol. The highest BCUT2D eigenvalue weighted by Crippen LogP contribution is 2.16. The Hall–Kier alpha value is -1.64. The predicted molar refractivity (Wildman–Crippen MR) is 66.0 cm³/mol. The number of nitrogens with zero attached hydrogens (tertiary/aromatic N) is 1. The third-order valence-electron chi connectivity index (χ3n) is 2.55. The fraction of sp³-hybridized carbons (Fsp3) is 0.385. The molecule has 0 saturated heterocycles. The number of hydrogen-bond donors (Lipinski definition) is 0. The van der Waals surface area contributed by atoms with Gasteiger partial charge >= 0.3 is 0 Å². The van der Waals surface area contributed by atoms with E-state index in [9.17, 15) is 9.59 Å². The monoisotopic (exact) mass is 221 g/mol. The van der Waals surface area contributed by atoms with Gasteiger partial charge in [0.15, 0.2) is 0 Å². The molecule has 3 heteroatoms. The Labute approximate surface area is 97.1 Å². The van der Waals surface area contributed by atoms with Gasteiger partial charge in [0.2, 0.25) is 0 Å². The van der Waals surface area contributed by atoms with Crippen molar-refractivity contribution in [3.8, 4) is 0 Å². The van der Waals surface area contributed by atoms with E-state index in [1.165, 1.54) is 6.08 Å². The van der Waals surface area contributed by atoms with Crippen molar-refractivity contribution < 1.29 is 9.59 Å². The lowest BCUT2D eigenvalue weighted by atomic mass is 10.1. The largest absolute Gasteiger partial charge is 0.368 e. The summed E-state index contributed by atoms with van der Waals surface area (Å²) in [6, 6.07) is 0.0627. The smallest absolute Gasteiger partial charge is 0.143 e. The maximum Gasteiger partial charge on any atom is 0.143 e. The van der Waals surface area contributed by atoms with E-state index in [0.29, 0.717) is 12.8 Å². The lowest BCUT2D eigenvalue weighted by Gasteiger charge is -2.29. The third-order valence-corrected chi connectivity index (χ3v) is 2.55. The first kappa shape index (κ1) is 14.4. The number of carbonyl (C=O) groups excluding carboxylic acids is 2. The zero-order chi connectivity index (χ0) is 12.6. The van der Waals surface area contributed by atoms with Crippen LogP contribution in [0.3, 0.4) is 0 Å². The first-order chi connectivity index (χ1) is 7.58. The highest BCUT2D eigenvalue weighted by atomic mass is 16.1. The zero-order valence-electron chi connectivity index (χ0n) is 9.98. The average Bonchev–Trinajstić information content (AvgIpc) is 2.29. The van der Waals surface area contributed by atoms with E-state index in [1.54, 1.807) is 6.08 Å². The molecule has 0 saturated carbocycles. The fourth-order valence-electron chi connectivity index (χ4n) is 1.39. The number of aldehydes is 2. The average molecular weight is 221 g/mol. The quantitative estimate of drug-likeness (QED) is 0.273. The van der Waals surface area contributed by atoms with Crippen LogP contribution >= 0.6 is 0 Å². The standard InChI is InChI=1S/C13H19NO2/c1-5-13(7-6-9-15)14(4)12(3)11(2)8-10-16/h5,8-10,13H,1,3,6-7H2,2,4H3/b11-8-. The number of hydrogen-bond acceptors (Lipinski definition) is 3. The summed E-state index contributed by atoms with van der Waals surface area (Å²) in [6.07, 6.45) is 6.08.